The molecule has 0 saturated heterocycles. The number of nitrogens with zero attached hydrogens (tertiary/aromatic N) is 2. The number of hydrogen-bond donors (Lipinski definition) is 1. The molecule has 0 bridgehead atoms. The molecule has 4 heteroatoms. The number of rotatable bonds is 6. The first-order valence-electron chi connectivity index (χ1n) is 6.58. The zero-order valence-electron chi connectivity index (χ0n) is 10.5. The van der Waals surface area contributed by atoms with Gasteiger partial charge in [-0.15, -0.1) is 0 Å². The quantitative estimate of drug-likeness (QED) is 0.823. The Hall–Kier alpha value is -1.32. The normalized spacial score (nSPS) is 16.1. The molecule has 1 aromatic heterocycles. The van der Waals surface area contributed by atoms with Gasteiger partial charge >= 0.3 is 0 Å². The van der Waals surface area contributed by atoms with Crippen molar-refractivity contribution in [3.05, 3.63) is 12.3 Å². The lowest BCUT2D eigenvalue weighted by Gasteiger charge is -2.10. The van der Waals surface area contributed by atoms with Crippen molar-refractivity contribution in [1.29, 1.82) is 0 Å². The number of nitrogens with one attached hydrogen (secondary N) is 1. The predicted octanol–water partition coefficient (Wildman–Crippen LogP) is 2.87. The summed E-state index contributed by atoms with van der Waals surface area (Å²) >= 11 is 0. The smallest absolute Gasteiger partial charge is 0.225 e. The van der Waals surface area contributed by atoms with Crippen LogP contribution in [-0.2, 0) is 0 Å². The highest BCUT2D eigenvalue weighted by Gasteiger charge is 2.14. The van der Waals surface area contributed by atoms with Crippen LogP contribution in [0.25, 0.3) is 0 Å². The van der Waals surface area contributed by atoms with Crippen LogP contribution in [0.2, 0.25) is 0 Å². The first-order valence-corrected chi connectivity index (χ1v) is 6.58. The van der Waals surface area contributed by atoms with Crippen LogP contribution in [0, 0.1) is 5.92 Å². The molecule has 0 aliphatic heterocycles. The second-order valence-corrected chi connectivity index (χ2v) is 4.52. The summed E-state index contributed by atoms with van der Waals surface area (Å²) in [6.07, 6.45) is 8.54. The van der Waals surface area contributed by atoms with Gasteiger partial charge in [-0.3, -0.25) is 0 Å². The fourth-order valence-corrected chi connectivity index (χ4v) is 2.34. The lowest BCUT2D eigenvalue weighted by molar-refractivity contribution is 0.326. The maximum Gasteiger partial charge on any atom is 0.225 e. The van der Waals surface area contributed by atoms with Crippen LogP contribution in [0.1, 0.15) is 39.0 Å². The van der Waals surface area contributed by atoms with Crippen molar-refractivity contribution in [3.63, 3.8) is 0 Å². The largest absolute Gasteiger partial charge is 0.478 e. The van der Waals surface area contributed by atoms with Gasteiger partial charge in [0.2, 0.25) is 11.8 Å². The Kier molecular flexibility index (Phi) is 4.59. The molecule has 1 aromatic rings. The van der Waals surface area contributed by atoms with E-state index in [2.05, 4.69) is 15.3 Å². The third-order valence-electron chi connectivity index (χ3n) is 3.23. The number of ether oxygens (including phenoxy) is 1. The molecular formula is C13H21N3O. The zero-order chi connectivity index (χ0) is 11.9. The molecule has 2 rings (SSSR count). The minimum absolute atomic E-state index is 0.637. The fraction of sp³-hybridized carbons (Fsp3) is 0.692. The van der Waals surface area contributed by atoms with Crippen molar-refractivity contribution < 1.29 is 4.74 Å². The molecular weight excluding hydrogens is 214 g/mol. The van der Waals surface area contributed by atoms with Crippen molar-refractivity contribution in [1.82, 2.24) is 9.97 Å². The van der Waals surface area contributed by atoms with Crippen LogP contribution in [0.15, 0.2) is 12.3 Å². The van der Waals surface area contributed by atoms with Gasteiger partial charge < -0.3 is 10.1 Å². The molecule has 17 heavy (non-hydrogen) atoms. The molecule has 1 aliphatic carbocycles. The van der Waals surface area contributed by atoms with Gasteiger partial charge in [-0.1, -0.05) is 25.7 Å². The van der Waals surface area contributed by atoms with Gasteiger partial charge in [-0.25, -0.2) is 4.98 Å². The van der Waals surface area contributed by atoms with Crippen LogP contribution in [0.5, 0.6) is 5.88 Å². The fourth-order valence-electron chi connectivity index (χ4n) is 2.34. The molecule has 1 aliphatic rings. The van der Waals surface area contributed by atoms with Crippen molar-refractivity contribution in [3.8, 4) is 5.88 Å². The highest BCUT2D eigenvalue weighted by Crippen LogP contribution is 2.27. The SMILES string of the molecule is CCOc1ccnc(NCCC2CCCC2)n1. The van der Waals surface area contributed by atoms with E-state index in [0.29, 0.717) is 18.4 Å². The van der Waals surface area contributed by atoms with E-state index >= 15 is 0 Å². The van der Waals surface area contributed by atoms with Gasteiger partial charge in [0.15, 0.2) is 0 Å². The second-order valence-electron chi connectivity index (χ2n) is 4.52. The highest BCUT2D eigenvalue weighted by atomic mass is 16.5. The third kappa shape index (κ3) is 3.88. The third-order valence-corrected chi connectivity index (χ3v) is 3.23. The highest BCUT2D eigenvalue weighted by molar-refractivity contribution is 5.27. The maximum absolute atomic E-state index is 5.34. The summed E-state index contributed by atoms with van der Waals surface area (Å²) < 4.78 is 5.34. The van der Waals surface area contributed by atoms with Crippen molar-refractivity contribution >= 4 is 5.95 Å². The van der Waals surface area contributed by atoms with E-state index in [1.807, 2.05) is 6.92 Å². The number of hydrogen-bond acceptors (Lipinski definition) is 4. The van der Waals surface area contributed by atoms with Crippen LogP contribution in [0.4, 0.5) is 5.95 Å². The number of anilines is 1. The Labute approximate surface area is 103 Å². The summed E-state index contributed by atoms with van der Waals surface area (Å²) in [5.41, 5.74) is 0. The van der Waals surface area contributed by atoms with Gasteiger partial charge in [-0.2, -0.15) is 4.98 Å². The van der Waals surface area contributed by atoms with E-state index in [4.69, 9.17) is 4.74 Å². The van der Waals surface area contributed by atoms with Crippen molar-refractivity contribution in [2.24, 2.45) is 5.92 Å². The van der Waals surface area contributed by atoms with E-state index in [-0.39, 0.29) is 0 Å². The second kappa shape index (κ2) is 6.42. The van der Waals surface area contributed by atoms with Crippen LogP contribution >= 0.6 is 0 Å². The molecule has 4 nitrogen and oxygen atoms in total. The Morgan fingerprint density at radius 1 is 1.41 bits per heavy atom. The maximum atomic E-state index is 5.34. The lowest BCUT2D eigenvalue weighted by Crippen LogP contribution is -2.09. The Morgan fingerprint density at radius 2 is 2.24 bits per heavy atom. The molecule has 0 aromatic carbocycles. The number of aromatic nitrogens is 2. The minimum atomic E-state index is 0.637. The summed E-state index contributed by atoms with van der Waals surface area (Å²) in [5, 5.41) is 3.27. The average Bonchev–Trinajstić information content (AvgIpc) is 2.83. The van der Waals surface area contributed by atoms with Crippen LogP contribution in [-0.4, -0.2) is 23.1 Å². The zero-order valence-corrected chi connectivity index (χ0v) is 10.5. The van der Waals surface area contributed by atoms with Crippen molar-refractivity contribution in [2.45, 2.75) is 39.0 Å². The Balaban J connectivity index is 1.75. The predicted molar refractivity (Wildman–Crippen MR) is 68.3 cm³/mol. The van der Waals surface area contributed by atoms with Gasteiger partial charge in [-0.05, 0) is 19.3 Å². The first kappa shape index (κ1) is 12.1. The Bertz CT molecular complexity index is 337. The van der Waals surface area contributed by atoms with Gasteiger partial charge in [0.05, 0.1) is 6.61 Å². The average molecular weight is 235 g/mol. The van der Waals surface area contributed by atoms with E-state index in [1.165, 1.54) is 32.1 Å². The van der Waals surface area contributed by atoms with E-state index < -0.39 is 0 Å². The molecule has 1 fully saturated rings. The molecule has 0 amide bonds. The topological polar surface area (TPSA) is 47.0 Å². The molecule has 1 saturated carbocycles. The Morgan fingerprint density at radius 3 is 3.00 bits per heavy atom. The lowest BCUT2D eigenvalue weighted by atomic mass is 10.0. The molecule has 1 N–H and O–H groups in total. The van der Waals surface area contributed by atoms with E-state index in [0.717, 1.165) is 12.5 Å². The summed E-state index contributed by atoms with van der Waals surface area (Å²) in [6, 6.07) is 1.78. The summed E-state index contributed by atoms with van der Waals surface area (Å²) in [5.74, 6) is 2.22. The molecule has 0 unspecified atom stereocenters. The van der Waals surface area contributed by atoms with Gasteiger partial charge in [0.25, 0.3) is 0 Å². The van der Waals surface area contributed by atoms with Gasteiger partial charge in [0, 0.05) is 18.8 Å². The molecule has 94 valence electrons. The van der Waals surface area contributed by atoms with E-state index in [1.54, 1.807) is 12.3 Å². The monoisotopic (exact) mass is 235 g/mol. The first-order chi connectivity index (χ1) is 8.38. The summed E-state index contributed by atoms with van der Waals surface area (Å²) in [7, 11) is 0. The summed E-state index contributed by atoms with van der Waals surface area (Å²) in [4.78, 5) is 8.47. The summed E-state index contributed by atoms with van der Waals surface area (Å²) in [6.45, 7) is 3.55. The standard InChI is InChI=1S/C13H21N3O/c1-2-17-12-8-10-15-13(16-12)14-9-7-11-5-3-4-6-11/h8,10-11H,2-7,9H2,1H3,(H,14,15,16). The molecule has 0 spiro atoms. The van der Waals surface area contributed by atoms with E-state index in [9.17, 15) is 0 Å². The van der Waals surface area contributed by atoms with Crippen LogP contribution in [0.3, 0.4) is 0 Å². The minimum Gasteiger partial charge on any atom is -0.478 e. The molecule has 0 radical (unpaired) electrons. The van der Waals surface area contributed by atoms with Crippen molar-refractivity contribution in [2.75, 3.05) is 18.5 Å². The molecule has 1 heterocycles. The van der Waals surface area contributed by atoms with Crippen LogP contribution < -0.4 is 10.1 Å². The molecule has 0 atom stereocenters. The van der Waals surface area contributed by atoms with Gasteiger partial charge in [0.1, 0.15) is 0 Å².